The first kappa shape index (κ1) is 18.9. The van der Waals surface area contributed by atoms with Crippen molar-refractivity contribution in [3.8, 4) is 0 Å². The van der Waals surface area contributed by atoms with E-state index in [4.69, 9.17) is 0 Å². The van der Waals surface area contributed by atoms with Crippen LogP contribution in [0.3, 0.4) is 0 Å². The van der Waals surface area contributed by atoms with Gasteiger partial charge >= 0.3 is 6.18 Å². The normalized spacial score (nSPS) is 15.7. The molecular formula is C18H19F3N2O2S. The molecule has 0 bridgehead atoms. The maximum atomic E-state index is 12.6. The Morgan fingerprint density at radius 2 is 1.65 bits per heavy atom. The average molecular weight is 384 g/mol. The first-order valence-corrected chi connectivity index (χ1v) is 9.70. The third-order valence-electron chi connectivity index (χ3n) is 4.42. The van der Waals surface area contributed by atoms with Crippen molar-refractivity contribution in [3.05, 3.63) is 65.2 Å². The van der Waals surface area contributed by atoms with Crippen molar-refractivity contribution in [2.24, 2.45) is 0 Å². The van der Waals surface area contributed by atoms with Crippen LogP contribution < -0.4 is 4.72 Å². The Morgan fingerprint density at radius 3 is 2.31 bits per heavy atom. The lowest BCUT2D eigenvalue weighted by molar-refractivity contribution is -0.137. The minimum Gasteiger partial charge on any atom is -0.297 e. The lowest BCUT2D eigenvalue weighted by Crippen LogP contribution is -2.37. The number of nitrogens with one attached hydrogen (secondary N) is 1. The van der Waals surface area contributed by atoms with Crippen LogP contribution in [0.25, 0.3) is 0 Å². The van der Waals surface area contributed by atoms with Crippen LogP contribution in [0.5, 0.6) is 0 Å². The number of fused-ring (bicyclic) bond motifs is 1. The molecule has 0 aromatic heterocycles. The molecule has 0 saturated carbocycles. The van der Waals surface area contributed by atoms with Gasteiger partial charge in [-0.3, -0.25) is 4.90 Å². The number of hydrogen-bond donors (Lipinski definition) is 1. The van der Waals surface area contributed by atoms with Gasteiger partial charge in [-0.05, 0) is 41.8 Å². The molecule has 3 rings (SSSR count). The number of alkyl halides is 3. The molecule has 2 aromatic carbocycles. The molecule has 0 fully saturated rings. The molecule has 0 unspecified atom stereocenters. The molecule has 1 aliphatic heterocycles. The summed E-state index contributed by atoms with van der Waals surface area (Å²) in [6.07, 6.45) is -3.57. The highest BCUT2D eigenvalue weighted by atomic mass is 32.2. The van der Waals surface area contributed by atoms with E-state index < -0.39 is 21.8 Å². The molecule has 0 amide bonds. The molecule has 2 aromatic rings. The number of rotatable bonds is 5. The average Bonchev–Trinajstić information content (AvgIpc) is 2.61. The molecule has 0 aliphatic carbocycles. The lowest BCUT2D eigenvalue weighted by atomic mass is 10.0. The first-order chi connectivity index (χ1) is 12.3. The second kappa shape index (κ2) is 7.38. The van der Waals surface area contributed by atoms with Gasteiger partial charge in [0.05, 0.1) is 10.5 Å². The number of halogens is 3. The molecule has 1 aliphatic rings. The van der Waals surface area contributed by atoms with Gasteiger partial charge in [0.15, 0.2) is 0 Å². The van der Waals surface area contributed by atoms with Crippen molar-refractivity contribution in [1.29, 1.82) is 0 Å². The molecule has 0 saturated heterocycles. The van der Waals surface area contributed by atoms with Crippen molar-refractivity contribution in [2.75, 3.05) is 19.6 Å². The predicted molar refractivity (Wildman–Crippen MR) is 92.1 cm³/mol. The maximum absolute atomic E-state index is 12.6. The van der Waals surface area contributed by atoms with E-state index in [1.165, 1.54) is 11.1 Å². The minimum absolute atomic E-state index is 0.172. The van der Waals surface area contributed by atoms with Gasteiger partial charge in [0.1, 0.15) is 0 Å². The van der Waals surface area contributed by atoms with Crippen molar-refractivity contribution < 1.29 is 21.6 Å². The molecule has 0 radical (unpaired) electrons. The van der Waals surface area contributed by atoms with E-state index >= 15 is 0 Å². The number of hydrogen-bond acceptors (Lipinski definition) is 3. The molecule has 0 atom stereocenters. The Bertz CT molecular complexity index is 865. The molecule has 0 spiro atoms. The first-order valence-electron chi connectivity index (χ1n) is 8.22. The van der Waals surface area contributed by atoms with Crippen molar-refractivity contribution in [3.63, 3.8) is 0 Å². The minimum atomic E-state index is -4.49. The van der Waals surface area contributed by atoms with Gasteiger partial charge in [0.25, 0.3) is 0 Å². The third-order valence-corrected chi connectivity index (χ3v) is 5.90. The fourth-order valence-electron chi connectivity index (χ4n) is 2.99. The van der Waals surface area contributed by atoms with E-state index in [1.807, 2.05) is 12.1 Å². The van der Waals surface area contributed by atoms with Gasteiger partial charge in [0.2, 0.25) is 10.0 Å². The van der Waals surface area contributed by atoms with Crippen molar-refractivity contribution in [2.45, 2.75) is 24.0 Å². The maximum Gasteiger partial charge on any atom is 0.416 e. The van der Waals surface area contributed by atoms with Gasteiger partial charge in [-0.15, -0.1) is 0 Å². The lowest BCUT2D eigenvalue weighted by Gasteiger charge is -2.28. The van der Waals surface area contributed by atoms with E-state index in [9.17, 15) is 21.6 Å². The standard InChI is InChI=1S/C18H19F3N2O2S/c19-18(20,21)16-5-7-17(8-6-16)26(24,25)22-10-12-23-11-9-14-3-1-2-4-15(14)13-23/h1-8,22H,9-13H2. The van der Waals surface area contributed by atoms with Crippen LogP contribution in [0.15, 0.2) is 53.4 Å². The summed E-state index contributed by atoms with van der Waals surface area (Å²) in [5, 5.41) is 0. The highest BCUT2D eigenvalue weighted by Crippen LogP contribution is 2.29. The Labute approximate surface area is 150 Å². The van der Waals surface area contributed by atoms with Crippen LogP contribution >= 0.6 is 0 Å². The van der Waals surface area contributed by atoms with Crippen LogP contribution in [0.4, 0.5) is 13.2 Å². The Hall–Kier alpha value is -1.90. The third kappa shape index (κ3) is 4.44. The molecule has 8 heteroatoms. The molecule has 1 N–H and O–H groups in total. The topological polar surface area (TPSA) is 49.4 Å². The highest BCUT2D eigenvalue weighted by Gasteiger charge is 2.30. The van der Waals surface area contributed by atoms with Crippen LogP contribution in [0, 0.1) is 0 Å². The summed E-state index contributed by atoms with van der Waals surface area (Å²) < 4.78 is 64.6. The number of nitrogens with zero attached hydrogens (tertiary/aromatic N) is 1. The van der Waals surface area contributed by atoms with Gasteiger partial charge in [0, 0.05) is 26.2 Å². The van der Waals surface area contributed by atoms with E-state index in [1.54, 1.807) is 0 Å². The van der Waals surface area contributed by atoms with E-state index in [0.29, 0.717) is 6.54 Å². The molecular weight excluding hydrogens is 365 g/mol. The van der Waals surface area contributed by atoms with E-state index in [2.05, 4.69) is 21.8 Å². The fourth-order valence-corrected chi connectivity index (χ4v) is 4.01. The van der Waals surface area contributed by atoms with Crippen molar-refractivity contribution >= 4 is 10.0 Å². The fraction of sp³-hybridized carbons (Fsp3) is 0.333. The summed E-state index contributed by atoms with van der Waals surface area (Å²) in [5.41, 5.74) is 1.68. The largest absolute Gasteiger partial charge is 0.416 e. The molecule has 1 heterocycles. The summed E-state index contributed by atoms with van der Waals surface area (Å²) >= 11 is 0. The van der Waals surface area contributed by atoms with Crippen molar-refractivity contribution in [1.82, 2.24) is 9.62 Å². The summed E-state index contributed by atoms with van der Waals surface area (Å²) in [7, 11) is -3.83. The Balaban J connectivity index is 1.56. The second-order valence-corrected chi connectivity index (χ2v) is 7.98. The SMILES string of the molecule is O=S(=O)(NCCN1CCc2ccccc2C1)c1ccc(C(F)(F)F)cc1. The van der Waals surface area contributed by atoms with Crippen LogP contribution in [0.2, 0.25) is 0 Å². The van der Waals surface area contributed by atoms with Crippen LogP contribution in [0.1, 0.15) is 16.7 Å². The van der Waals surface area contributed by atoms with Crippen LogP contribution in [-0.2, 0) is 29.2 Å². The summed E-state index contributed by atoms with van der Waals surface area (Å²) in [6, 6.07) is 11.6. The molecule has 26 heavy (non-hydrogen) atoms. The number of benzene rings is 2. The van der Waals surface area contributed by atoms with Gasteiger partial charge < -0.3 is 0 Å². The summed E-state index contributed by atoms with van der Waals surface area (Å²) in [4.78, 5) is 1.98. The van der Waals surface area contributed by atoms with Gasteiger partial charge in [-0.2, -0.15) is 13.2 Å². The zero-order chi connectivity index (χ0) is 18.8. The monoisotopic (exact) mass is 384 g/mol. The summed E-state index contributed by atoms with van der Waals surface area (Å²) in [6.45, 7) is 2.34. The smallest absolute Gasteiger partial charge is 0.297 e. The second-order valence-electron chi connectivity index (χ2n) is 6.21. The van der Waals surface area contributed by atoms with E-state index in [0.717, 1.165) is 43.8 Å². The Morgan fingerprint density at radius 1 is 1.00 bits per heavy atom. The molecule has 140 valence electrons. The number of sulfonamides is 1. The predicted octanol–water partition coefficient (Wildman–Crippen LogP) is 3.04. The van der Waals surface area contributed by atoms with Gasteiger partial charge in [-0.1, -0.05) is 24.3 Å². The molecule has 4 nitrogen and oxygen atoms in total. The van der Waals surface area contributed by atoms with Crippen LogP contribution in [-0.4, -0.2) is 33.0 Å². The zero-order valence-corrected chi connectivity index (χ0v) is 14.8. The highest BCUT2D eigenvalue weighted by molar-refractivity contribution is 7.89. The van der Waals surface area contributed by atoms with Gasteiger partial charge in [-0.25, -0.2) is 13.1 Å². The Kier molecular flexibility index (Phi) is 5.36. The zero-order valence-electron chi connectivity index (χ0n) is 14.0. The quantitative estimate of drug-likeness (QED) is 0.862. The summed E-state index contributed by atoms with van der Waals surface area (Å²) in [5.74, 6) is 0. The van der Waals surface area contributed by atoms with E-state index in [-0.39, 0.29) is 11.4 Å².